The van der Waals surface area contributed by atoms with Gasteiger partial charge in [0, 0.05) is 11.4 Å². The van der Waals surface area contributed by atoms with Crippen molar-refractivity contribution < 1.29 is 4.79 Å². The number of aromatic amines is 1. The first kappa shape index (κ1) is 13.3. The van der Waals surface area contributed by atoms with Crippen molar-refractivity contribution in [1.29, 1.82) is 0 Å². The van der Waals surface area contributed by atoms with E-state index in [1.807, 2.05) is 32.0 Å². The molecule has 0 radical (unpaired) electrons. The van der Waals surface area contributed by atoms with Crippen LogP contribution in [-0.2, 0) is 6.42 Å². The highest BCUT2D eigenvalue weighted by Crippen LogP contribution is 2.15. The molecule has 0 bridgehead atoms. The molecule has 1 aromatic carbocycles. The van der Waals surface area contributed by atoms with E-state index >= 15 is 0 Å². The Hall–Kier alpha value is -2.10. The van der Waals surface area contributed by atoms with Gasteiger partial charge in [-0.1, -0.05) is 19.4 Å². The molecule has 1 aromatic heterocycles. The number of carbonyl (C=O) groups is 1. The van der Waals surface area contributed by atoms with Gasteiger partial charge in [-0.15, -0.1) is 0 Å². The fourth-order valence-electron chi connectivity index (χ4n) is 1.89. The van der Waals surface area contributed by atoms with Crippen LogP contribution < -0.4 is 5.32 Å². The molecule has 19 heavy (non-hydrogen) atoms. The fourth-order valence-corrected chi connectivity index (χ4v) is 1.89. The minimum Gasteiger partial charge on any atom is -0.321 e. The molecule has 100 valence electrons. The maximum Gasteiger partial charge on any atom is 0.276 e. The van der Waals surface area contributed by atoms with Crippen LogP contribution in [0.2, 0.25) is 0 Å². The molecule has 0 spiro atoms. The Labute approximate surface area is 113 Å². The molecule has 4 nitrogen and oxygen atoms in total. The van der Waals surface area contributed by atoms with Gasteiger partial charge in [0.15, 0.2) is 5.69 Å². The molecule has 2 aromatic rings. The summed E-state index contributed by atoms with van der Waals surface area (Å²) in [6, 6.07) is 7.67. The zero-order chi connectivity index (χ0) is 13.8. The largest absolute Gasteiger partial charge is 0.321 e. The second-order valence-corrected chi connectivity index (χ2v) is 4.78. The number of H-pyrrole nitrogens is 1. The van der Waals surface area contributed by atoms with Crippen molar-refractivity contribution in [2.24, 2.45) is 0 Å². The predicted octanol–water partition coefficient (Wildman–Crippen LogP) is 3.23. The van der Waals surface area contributed by atoms with Crippen molar-refractivity contribution in [3.05, 3.63) is 46.8 Å². The highest BCUT2D eigenvalue weighted by atomic mass is 16.1. The lowest BCUT2D eigenvalue weighted by Gasteiger charge is -2.06. The lowest BCUT2D eigenvalue weighted by Crippen LogP contribution is -2.12. The lowest BCUT2D eigenvalue weighted by molar-refractivity contribution is 0.102. The zero-order valence-corrected chi connectivity index (χ0v) is 11.6. The summed E-state index contributed by atoms with van der Waals surface area (Å²) in [4.78, 5) is 12.0. The van der Waals surface area contributed by atoms with E-state index in [1.54, 1.807) is 6.07 Å². The van der Waals surface area contributed by atoms with Gasteiger partial charge in [0.2, 0.25) is 0 Å². The average molecular weight is 257 g/mol. The third-order valence-electron chi connectivity index (χ3n) is 3.15. The Morgan fingerprint density at radius 2 is 2.05 bits per heavy atom. The fraction of sp³-hybridized carbons (Fsp3) is 0.333. The number of carbonyl (C=O) groups excluding carboxylic acids is 1. The highest BCUT2D eigenvalue weighted by Gasteiger charge is 2.10. The summed E-state index contributed by atoms with van der Waals surface area (Å²) in [5.41, 5.74) is 4.59. The van der Waals surface area contributed by atoms with Gasteiger partial charge in [0.05, 0.1) is 0 Å². The van der Waals surface area contributed by atoms with Crippen molar-refractivity contribution in [1.82, 2.24) is 10.2 Å². The van der Waals surface area contributed by atoms with Crippen LogP contribution in [0.25, 0.3) is 0 Å². The first-order valence-electron chi connectivity index (χ1n) is 6.53. The van der Waals surface area contributed by atoms with Gasteiger partial charge in [-0.3, -0.25) is 9.89 Å². The molecule has 0 atom stereocenters. The third kappa shape index (κ3) is 3.22. The van der Waals surface area contributed by atoms with Crippen LogP contribution >= 0.6 is 0 Å². The number of nitrogens with zero attached hydrogens (tertiary/aromatic N) is 1. The van der Waals surface area contributed by atoms with Gasteiger partial charge in [0.25, 0.3) is 5.91 Å². The number of nitrogens with one attached hydrogen (secondary N) is 2. The number of hydrogen-bond acceptors (Lipinski definition) is 2. The van der Waals surface area contributed by atoms with Gasteiger partial charge >= 0.3 is 0 Å². The molecule has 0 aliphatic heterocycles. The number of rotatable bonds is 4. The molecule has 0 aliphatic rings. The van der Waals surface area contributed by atoms with Crippen LogP contribution in [0.1, 0.15) is 40.7 Å². The molecular formula is C15H19N3O. The van der Waals surface area contributed by atoms with Crippen molar-refractivity contribution in [2.75, 3.05) is 5.32 Å². The topological polar surface area (TPSA) is 57.8 Å². The minimum atomic E-state index is -0.179. The molecule has 1 heterocycles. The smallest absolute Gasteiger partial charge is 0.276 e. The summed E-state index contributed by atoms with van der Waals surface area (Å²) in [6.45, 7) is 6.17. The van der Waals surface area contributed by atoms with E-state index in [1.165, 1.54) is 5.56 Å². The molecule has 2 N–H and O–H groups in total. The van der Waals surface area contributed by atoms with Crippen molar-refractivity contribution >= 4 is 11.6 Å². The van der Waals surface area contributed by atoms with E-state index in [4.69, 9.17) is 0 Å². The molecular weight excluding hydrogens is 238 g/mol. The Kier molecular flexibility index (Phi) is 4.00. The normalized spacial score (nSPS) is 10.5. The van der Waals surface area contributed by atoms with Crippen molar-refractivity contribution in [3.63, 3.8) is 0 Å². The van der Waals surface area contributed by atoms with E-state index in [0.29, 0.717) is 5.69 Å². The van der Waals surface area contributed by atoms with Gasteiger partial charge in [-0.05, 0) is 49.6 Å². The summed E-state index contributed by atoms with van der Waals surface area (Å²) in [5.74, 6) is -0.179. The second kappa shape index (κ2) is 5.69. The summed E-state index contributed by atoms with van der Waals surface area (Å²) in [7, 11) is 0. The molecule has 0 aliphatic carbocycles. The molecule has 0 unspecified atom stereocenters. The van der Waals surface area contributed by atoms with Gasteiger partial charge in [0.1, 0.15) is 0 Å². The quantitative estimate of drug-likeness (QED) is 0.883. The maximum atomic E-state index is 12.0. The molecule has 1 amide bonds. The summed E-state index contributed by atoms with van der Waals surface area (Å²) in [5, 5.41) is 9.78. The Balaban J connectivity index is 2.09. The number of aromatic nitrogens is 2. The molecule has 0 saturated carbocycles. The highest BCUT2D eigenvalue weighted by molar-refractivity contribution is 6.02. The van der Waals surface area contributed by atoms with E-state index < -0.39 is 0 Å². The van der Waals surface area contributed by atoms with Crippen molar-refractivity contribution in [2.45, 2.75) is 33.6 Å². The van der Waals surface area contributed by atoms with E-state index in [9.17, 15) is 4.79 Å². The lowest BCUT2D eigenvalue weighted by atomic mass is 10.1. The number of aryl methyl sites for hydroxylation is 3. The van der Waals surface area contributed by atoms with Crippen molar-refractivity contribution in [3.8, 4) is 0 Å². The number of anilines is 1. The van der Waals surface area contributed by atoms with Crippen LogP contribution in [0.3, 0.4) is 0 Å². The number of amides is 1. The minimum absolute atomic E-state index is 0.179. The number of benzene rings is 1. The Morgan fingerprint density at radius 1 is 1.26 bits per heavy atom. The van der Waals surface area contributed by atoms with Crippen LogP contribution in [0.5, 0.6) is 0 Å². The van der Waals surface area contributed by atoms with Crippen LogP contribution in [0.4, 0.5) is 5.69 Å². The summed E-state index contributed by atoms with van der Waals surface area (Å²) in [6.07, 6.45) is 1.93. The maximum absolute atomic E-state index is 12.0. The Morgan fingerprint density at radius 3 is 2.74 bits per heavy atom. The molecule has 4 heteroatoms. The van der Waals surface area contributed by atoms with Gasteiger partial charge < -0.3 is 5.32 Å². The van der Waals surface area contributed by atoms with Gasteiger partial charge in [-0.2, -0.15) is 5.10 Å². The number of hydrogen-bond donors (Lipinski definition) is 2. The van der Waals surface area contributed by atoms with Crippen LogP contribution in [-0.4, -0.2) is 16.1 Å². The molecule has 0 saturated heterocycles. The zero-order valence-electron chi connectivity index (χ0n) is 11.6. The summed E-state index contributed by atoms with van der Waals surface area (Å²) >= 11 is 0. The van der Waals surface area contributed by atoms with E-state index in [-0.39, 0.29) is 5.91 Å². The van der Waals surface area contributed by atoms with E-state index in [0.717, 1.165) is 29.8 Å². The molecule has 2 rings (SSSR count). The molecule has 0 fully saturated rings. The van der Waals surface area contributed by atoms with E-state index in [2.05, 4.69) is 22.4 Å². The monoisotopic (exact) mass is 257 g/mol. The van der Waals surface area contributed by atoms with Gasteiger partial charge in [-0.25, -0.2) is 0 Å². The SMILES string of the molecule is CCCc1cc(C(=O)Nc2ccc(C)c(C)c2)n[nH]1. The van der Waals surface area contributed by atoms with Crippen LogP contribution in [0.15, 0.2) is 24.3 Å². The first-order valence-corrected chi connectivity index (χ1v) is 6.53. The predicted molar refractivity (Wildman–Crippen MR) is 76.5 cm³/mol. The second-order valence-electron chi connectivity index (χ2n) is 4.78. The first-order chi connectivity index (χ1) is 9.10. The average Bonchev–Trinajstić information content (AvgIpc) is 2.83. The Bertz CT molecular complexity index is 587. The van der Waals surface area contributed by atoms with Crippen LogP contribution in [0, 0.1) is 13.8 Å². The third-order valence-corrected chi connectivity index (χ3v) is 3.15. The standard InChI is InChI=1S/C15H19N3O/c1-4-5-13-9-14(18-17-13)15(19)16-12-7-6-10(2)11(3)8-12/h6-9H,4-5H2,1-3H3,(H,16,19)(H,17,18). The summed E-state index contributed by atoms with van der Waals surface area (Å²) < 4.78 is 0.